The van der Waals surface area contributed by atoms with Crippen molar-refractivity contribution >= 4 is 68.3 Å². The number of rotatable bonds is 5. The number of halogens is 2. The Hall–Kier alpha value is -1.99. The van der Waals surface area contributed by atoms with E-state index in [1.165, 1.54) is 4.90 Å². The van der Waals surface area contributed by atoms with Crippen molar-refractivity contribution in [2.75, 3.05) is 0 Å². The van der Waals surface area contributed by atoms with Crippen LogP contribution < -0.4 is 0 Å². The summed E-state index contributed by atoms with van der Waals surface area (Å²) in [4.78, 5) is 29.1. The molecule has 0 unspecified atom stereocenters. The van der Waals surface area contributed by atoms with Gasteiger partial charge in [-0.3, -0.25) is 14.5 Å². The monoisotopic (exact) mass is 515 g/mol. The first kappa shape index (κ1) is 21.2. The summed E-state index contributed by atoms with van der Waals surface area (Å²) in [6, 6.07) is 23.0. The number of hydrogen-bond donors (Lipinski definition) is 0. The average molecular weight is 517 g/mol. The number of carbonyl (C=O) groups is 2. The highest BCUT2D eigenvalue weighted by atomic mass is 79.9. The van der Waals surface area contributed by atoms with E-state index in [0.29, 0.717) is 9.93 Å². The molecule has 1 fully saturated rings. The zero-order valence-electron chi connectivity index (χ0n) is 15.5. The molecular weight excluding hydrogens is 502 g/mol. The van der Waals surface area contributed by atoms with Crippen molar-refractivity contribution in [1.82, 2.24) is 4.90 Å². The van der Waals surface area contributed by atoms with Crippen LogP contribution >= 0.6 is 51.1 Å². The van der Waals surface area contributed by atoms with Gasteiger partial charge in [-0.15, -0.1) is 0 Å². The molecule has 2 amide bonds. The zero-order valence-corrected chi connectivity index (χ0v) is 19.5. The number of thioether (sulfide) groups is 1. The van der Waals surface area contributed by atoms with Crippen LogP contribution in [0.25, 0.3) is 6.08 Å². The van der Waals surface area contributed by atoms with Crippen molar-refractivity contribution in [3.05, 3.63) is 98.3 Å². The fourth-order valence-electron chi connectivity index (χ4n) is 2.87. The van der Waals surface area contributed by atoms with Gasteiger partial charge in [0.1, 0.15) is 0 Å². The second kappa shape index (κ2) is 9.43. The van der Waals surface area contributed by atoms with Crippen LogP contribution in [0.5, 0.6) is 0 Å². The van der Waals surface area contributed by atoms with Crippen molar-refractivity contribution in [2.45, 2.75) is 16.3 Å². The smallest absolute Gasteiger partial charge is 0.268 e. The molecule has 0 saturated carbocycles. The summed E-state index contributed by atoms with van der Waals surface area (Å²) < 4.78 is 0.954. The first-order valence-electron chi connectivity index (χ1n) is 9.02. The number of carbonyl (C=O) groups excluding carboxylic acids is 2. The topological polar surface area (TPSA) is 37.4 Å². The summed E-state index contributed by atoms with van der Waals surface area (Å²) >= 11 is 11.9. The lowest BCUT2D eigenvalue weighted by Crippen LogP contribution is -2.27. The van der Waals surface area contributed by atoms with Crippen LogP contribution in [0, 0.1) is 0 Å². The van der Waals surface area contributed by atoms with E-state index in [4.69, 9.17) is 11.6 Å². The van der Waals surface area contributed by atoms with E-state index in [1.807, 2.05) is 72.8 Å². The minimum Gasteiger partial charge on any atom is -0.268 e. The molecule has 30 heavy (non-hydrogen) atoms. The molecule has 3 aromatic rings. The first-order chi connectivity index (χ1) is 14.5. The normalized spacial score (nSPS) is 15.3. The lowest BCUT2D eigenvalue weighted by Gasteiger charge is -2.12. The highest BCUT2D eigenvalue weighted by molar-refractivity contribution is 9.10. The molecule has 4 rings (SSSR count). The van der Waals surface area contributed by atoms with Gasteiger partial charge in [0.2, 0.25) is 0 Å². The number of imide groups is 1. The van der Waals surface area contributed by atoms with Gasteiger partial charge in [-0.25, -0.2) is 0 Å². The predicted octanol–water partition coefficient (Wildman–Crippen LogP) is 7.49. The second-order valence-corrected chi connectivity index (χ2v) is 9.95. The molecule has 0 bridgehead atoms. The van der Waals surface area contributed by atoms with Crippen LogP contribution in [0.2, 0.25) is 5.02 Å². The quantitative estimate of drug-likeness (QED) is 0.329. The van der Waals surface area contributed by atoms with Gasteiger partial charge >= 0.3 is 0 Å². The number of amides is 2. The van der Waals surface area contributed by atoms with Crippen LogP contribution in [0.1, 0.15) is 11.1 Å². The zero-order chi connectivity index (χ0) is 21.1. The van der Waals surface area contributed by atoms with Crippen LogP contribution in [0.3, 0.4) is 0 Å². The van der Waals surface area contributed by atoms with Gasteiger partial charge in [-0.05, 0) is 71.4 Å². The fraction of sp³-hybridized carbons (Fsp3) is 0.0435. The Balaban J connectivity index is 1.56. The molecule has 0 atom stereocenters. The number of nitrogens with zero attached hydrogens (tertiary/aromatic N) is 1. The average Bonchev–Trinajstić information content (AvgIpc) is 3.00. The van der Waals surface area contributed by atoms with Gasteiger partial charge in [0.25, 0.3) is 11.1 Å². The maximum atomic E-state index is 12.9. The molecule has 7 heteroatoms. The van der Waals surface area contributed by atoms with Crippen LogP contribution in [0.4, 0.5) is 4.79 Å². The summed E-state index contributed by atoms with van der Waals surface area (Å²) in [5.41, 5.74) is 1.80. The number of benzene rings is 3. The Morgan fingerprint density at radius 3 is 2.40 bits per heavy atom. The van der Waals surface area contributed by atoms with Crippen molar-refractivity contribution in [1.29, 1.82) is 0 Å². The van der Waals surface area contributed by atoms with Gasteiger partial charge in [0.05, 0.1) is 11.4 Å². The van der Waals surface area contributed by atoms with Gasteiger partial charge in [-0.2, -0.15) is 0 Å². The van der Waals surface area contributed by atoms with E-state index in [-0.39, 0.29) is 17.7 Å². The van der Waals surface area contributed by atoms with Gasteiger partial charge in [0, 0.05) is 19.3 Å². The van der Waals surface area contributed by atoms with Crippen molar-refractivity contribution < 1.29 is 9.59 Å². The third-order valence-corrected chi connectivity index (χ3v) is 7.16. The summed E-state index contributed by atoms with van der Waals surface area (Å²) in [5, 5.41) is 0.434. The molecule has 3 nitrogen and oxygen atoms in total. The minimum atomic E-state index is -0.265. The van der Waals surface area contributed by atoms with Crippen molar-refractivity contribution in [2.24, 2.45) is 0 Å². The molecule has 3 aromatic carbocycles. The highest BCUT2D eigenvalue weighted by Gasteiger charge is 2.35. The van der Waals surface area contributed by atoms with Gasteiger partial charge < -0.3 is 0 Å². The molecule has 0 aromatic heterocycles. The molecule has 0 radical (unpaired) electrons. The number of hydrogen-bond acceptors (Lipinski definition) is 4. The molecular formula is C23H15BrClNO2S2. The van der Waals surface area contributed by atoms with E-state index >= 15 is 0 Å². The Labute approximate surface area is 196 Å². The molecule has 1 saturated heterocycles. The molecule has 0 spiro atoms. The highest BCUT2D eigenvalue weighted by Crippen LogP contribution is 2.37. The van der Waals surface area contributed by atoms with Crippen molar-refractivity contribution in [3.63, 3.8) is 0 Å². The lowest BCUT2D eigenvalue weighted by atomic mass is 10.2. The molecule has 1 aliphatic heterocycles. The third-order valence-electron chi connectivity index (χ3n) is 4.37. The molecule has 150 valence electrons. The third kappa shape index (κ3) is 5.01. The summed E-state index contributed by atoms with van der Waals surface area (Å²) in [6.45, 7) is 0.260. The molecule has 1 heterocycles. The first-order valence-corrected chi connectivity index (χ1v) is 11.8. The molecule has 0 aliphatic carbocycles. The fourth-order valence-corrected chi connectivity index (χ4v) is 5.01. The summed E-state index contributed by atoms with van der Waals surface area (Å²) in [7, 11) is 0. The van der Waals surface area contributed by atoms with E-state index < -0.39 is 0 Å². The Morgan fingerprint density at radius 1 is 0.967 bits per heavy atom. The SMILES string of the molecule is O=C1S/C(=C\c2ccccc2Sc2ccc(Cl)cc2)C(=O)N1Cc1ccc(Br)cc1. The van der Waals surface area contributed by atoms with Crippen LogP contribution in [-0.4, -0.2) is 16.0 Å². The van der Waals surface area contributed by atoms with Crippen molar-refractivity contribution in [3.8, 4) is 0 Å². The Kier molecular flexibility index (Phi) is 6.68. The Morgan fingerprint density at radius 2 is 1.67 bits per heavy atom. The van der Waals surface area contributed by atoms with Crippen LogP contribution in [0.15, 0.2) is 92.0 Å². The van der Waals surface area contributed by atoms with Gasteiger partial charge in [-0.1, -0.05) is 69.6 Å². The molecule has 0 N–H and O–H groups in total. The van der Waals surface area contributed by atoms with E-state index in [9.17, 15) is 9.59 Å². The van der Waals surface area contributed by atoms with E-state index in [2.05, 4.69) is 15.9 Å². The predicted molar refractivity (Wildman–Crippen MR) is 128 cm³/mol. The molecule has 1 aliphatic rings. The lowest BCUT2D eigenvalue weighted by molar-refractivity contribution is -0.123. The van der Waals surface area contributed by atoms with Gasteiger partial charge in [0.15, 0.2) is 0 Å². The standard InChI is InChI=1S/C23H15BrClNO2S2/c24-17-7-5-15(6-8-17)14-26-22(27)21(30-23(26)28)13-16-3-1-2-4-20(16)29-19-11-9-18(25)10-12-19/h1-13H,14H2/b21-13-. The Bertz CT molecular complexity index is 1130. The minimum absolute atomic E-state index is 0.253. The van der Waals surface area contributed by atoms with E-state index in [1.54, 1.807) is 17.8 Å². The summed E-state index contributed by atoms with van der Waals surface area (Å²) in [5.74, 6) is -0.265. The second-order valence-electron chi connectivity index (χ2n) is 6.49. The summed E-state index contributed by atoms with van der Waals surface area (Å²) in [6.07, 6.45) is 1.80. The largest absolute Gasteiger partial charge is 0.293 e. The maximum Gasteiger partial charge on any atom is 0.293 e. The maximum absolute atomic E-state index is 12.9. The van der Waals surface area contributed by atoms with E-state index in [0.717, 1.165) is 37.2 Å². The van der Waals surface area contributed by atoms with Crippen LogP contribution in [-0.2, 0) is 11.3 Å².